The second kappa shape index (κ2) is 9.98. The number of nitrogens with one attached hydrogen (secondary N) is 1. The highest BCUT2D eigenvalue weighted by molar-refractivity contribution is 8.15. The van der Waals surface area contributed by atoms with Crippen LogP contribution in [0.15, 0.2) is 66.2 Å². The minimum atomic E-state index is -0.566. The molecule has 1 fully saturated rings. The van der Waals surface area contributed by atoms with Crippen LogP contribution < -0.4 is 14.8 Å². The fraction of sp³-hybridized carbons (Fsp3) is 0.227. The molecular weight excluding hydrogens is 402 g/mol. The predicted octanol–water partition coefficient (Wildman–Crippen LogP) is 3.85. The summed E-state index contributed by atoms with van der Waals surface area (Å²) in [5.41, 5.74) is 1.23. The fourth-order valence-corrected chi connectivity index (χ4v) is 4.08. The molecule has 1 aliphatic rings. The zero-order chi connectivity index (χ0) is 21.5. The zero-order valence-electron chi connectivity index (χ0n) is 16.8. The van der Waals surface area contributed by atoms with E-state index < -0.39 is 5.25 Å². The number of carbonyl (C=O) groups is 2. The predicted molar refractivity (Wildman–Crippen MR) is 120 cm³/mol. The van der Waals surface area contributed by atoms with Crippen molar-refractivity contribution in [3.63, 3.8) is 0 Å². The van der Waals surface area contributed by atoms with Crippen LogP contribution in [0.1, 0.15) is 6.42 Å². The van der Waals surface area contributed by atoms with Crippen molar-refractivity contribution in [1.29, 1.82) is 0 Å². The number of nitrogens with zero attached hydrogens (tertiary/aromatic N) is 2. The number of hydrogen-bond donors (Lipinski definition) is 1. The molecule has 8 heteroatoms. The van der Waals surface area contributed by atoms with Gasteiger partial charge in [-0.05, 0) is 24.3 Å². The van der Waals surface area contributed by atoms with E-state index in [1.165, 1.54) is 18.9 Å². The zero-order valence-corrected chi connectivity index (χ0v) is 17.6. The minimum Gasteiger partial charge on any atom is -0.497 e. The van der Waals surface area contributed by atoms with Crippen molar-refractivity contribution >= 4 is 40.1 Å². The van der Waals surface area contributed by atoms with Gasteiger partial charge < -0.3 is 14.8 Å². The van der Waals surface area contributed by atoms with Gasteiger partial charge >= 0.3 is 0 Å². The third-order valence-electron chi connectivity index (χ3n) is 4.36. The lowest BCUT2D eigenvalue weighted by Crippen LogP contribution is -2.33. The van der Waals surface area contributed by atoms with Crippen molar-refractivity contribution in [3.05, 3.63) is 61.2 Å². The number of aliphatic imine (C=N–C) groups is 1. The maximum atomic E-state index is 12.9. The van der Waals surface area contributed by atoms with E-state index in [0.717, 1.165) is 5.69 Å². The summed E-state index contributed by atoms with van der Waals surface area (Å²) >= 11 is 1.28. The van der Waals surface area contributed by atoms with Gasteiger partial charge in [0.1, 0.15) is 16.7 Å². The van der Waals surface area contributed by atoms with E-state index in [4.69, 9.17) is 9.47 Å². The van der Waals surface area contributed by atoms with Crippen molar-refractivity contribution in [1.82, 2.24) is 4.90 Å². The Morgan fingerprint density at radius 2 is 2.00 bits per heavy atom. The van der Waals surface area contributed by atoms with Gasteiger partial charge in [-0.25, -0.2) is 4.99 Å². The summed E-state index contributed by atoms with van der Waals surface area (Å²) in [6, 6.07) is 14.5. The van der Waals surface area contributed by atoms with Gasteiger partial charge in [0.2, 0.25) is 11.8 Å². The number of hydrogen-bond acceptors (Lipinski definition) is 6. The number of amidine groups is 1. The van der Waals surface area contributed by atoms with Crippen LogP contribution in [0.4, 0.5) is 11.4 Å². The Morgan fingerprint density at radius 1 is 1.23 bits per heavy atom. The van der Waals surface area contributed by atoms with Crippen LogP contribution in [-0.4, -0.2) is 47.9 Å². The molecule has 0 unspecified atom stereocenters. The summed E-state index contributed by atoms with van der Waals surface area (Å²) in [4.78, 5) is 31.6. The molecule has 0 saturated carbocycles. The van der Waals surface area contributed by atoms with Gasteiger partial charge in [0.25, 0.3) is 0 Å². The van der Waals surface area contributed by atoms with Gasteiger partial charge in [-0.1, -0.05) is 36.0 Å². The first-order chi connectivity index (χ1) is 14.5. The summed E-state index contributed by atoms with van der Waals surface area (Å²) < 4.78 is 10.5. The van der Waals surface area contributed by atoms with Gasteiger partial charge in [0, 0.05) is 19.0 Å². The molecule has 156 valence electrons. The number of ether oxygens (including phenoxy) is 2. The second-order valence-corrected chi connectivity index (χ2v) is 7.56. The summed E-state index contributed by atoms with van der Waals surface area (Å²) in [6.07, 6.45) is 1.65. The Kier molecular flexibility index (Phi) is 7.13. The topological polar surface area (TPSA) is 80.2 Å². The van der Waals surface area contributed by atoms with E-state index in [2.05, 4.69) is 16.9 Å². The second-order valence-electron chi connectivity index (χ2n) is 6.39. The summed E-state index contributed by atoms with van der Waals surface area (Å²) in [7, 11) is 3.07. The van der Waals surface area contributed by atoms with Crippen LogP contribution >= 0.6 is 11.8 Å². The summed E-state index contributed by atoms with van der Waals surface area (Å²) in [6.45, 7) is 4.05. The molecule has 1 atom stereocenters. The third kappa shape index (κ3) is 5.01. The van der Waals surface area contributed by atoms with Crippen molar-refractivity contribution in [2.24, 2.45) is 4.99 Å². The van der Waals surface area contributed by atoms with Gasteiger partial charge in [-0.2, -0.15) is 0 Å². The minimum absolute atomic E-state index is 0.00527. The highest BCUT2D eigenvalue weighted by Gasteiger charge is 2.38. The number of methoxy groups -OCH3 is 2. The first-order valence-electron chi connectivity index (χ1n) is 9.30. The van der Waals surface area contributed by atoms with Crippen molar-refractivity contribution in [2.45, 2.75) is 11.7 Å². The number of anilines is 1. The highest BCUT2D eigenvalue weighted by atomic mass is 32.2. The maximum absolute atomic E-state index is 12.9. The molecule has 0 bridgehead atoms. The van der Waals surface area contributed by atoms with E-state index in [0.29, 0.717) is 28.9 Å². The number of thioether (sulfide) groups is 1. The Labute approximate surface area is 179 Å². The molecule has 0 spiro atoms. The largest absolute Gasteiger partial charge is 0.497 e. The lowest BCUT2D eigenvalue weighted by Gasteiger charge is -2.14. The maximum Gasteiger partial charge on any atom is 0.242 e. The molecule has 0 radical (unpaired) electrons. The Morgan fingerprint density at radius 3 is 2.67 bits per heavy atom. The van der Waals surface area contributed by atoms with Crippen LogP contribution in [0.3, 0.4) is 0 Å². The molecule has 3 rings (SSSR count). The third-order valence-corrected chi connectivity index (χ3v) is 5.54. The van der Waals surface area contributed by atoms with Gasteiger partial charge in [-0.15, -0.1) is 6.58 Å². The average molecular weight is 426 g/mol. The van der Waals surface area contributed by atoms with Crippen molar-refractivity contribution in [3.8, 4) is 11.5 Å². The number of amides is 2. The number of para-hydroxylation sites is 1. The summed E-state index contributed by atoms with van der Waals surface area (Å²) in [5, 5.41) is 2.80. The fourth-order valence-electron chi connectivity index (χ4n) is 2.92. The number of rotatable bonds is 8. The van der Waals surface area contributed by atoms with Crippen molar-refractivity contribution in [2.75, 3.05) is 26.1 Å². The molecule has 2 amide bonds. The number of benzene rings is 2. The Balaban J connectivity index is 1.75. The molecule has 1 aliphatic heterocycles. The van der Waals surface area contributed by atoms with Crippen LogP contribution in [0.25, 0.3) is 0 Å². The van der Waals surface area contributed by atoms with Crippen LogP contribution in [0, 0.1) is 0 Å². The normalized spacial score (nSPS) is 17.1. The summed E-state index contributed by atoms with van der Waals surface area (Å²) in [5.74, 6) is 0.635. The van der Waals surface area contributed by atoms with Crippen LogP contribution in [0.5, 0.6) is 11.5 Å². The lowest BCUT2D eigenvalue weighted by atomic mass is 10.2. The Hall–Kier alpha value is -3.26. The van der Waals surface area contributed by atoms with E-state index >= 15 is 0 Å². The quantitative estimate of drug-likeness (QED) is 0.650. The van der Waals surface area contributed by atoms with Gasteiger partial charge in [0.05, 0.1) is 25.6 Å². The van der Waals surface area contributed by atoms with Crippen LogP contribution in [0.2, 0.25) is 0 Å². The molecule has 1 saturated heterocycles. The molecule has 0 aromatic heterocycles. The smallest absolute Gasteiger partial charge is 0.242 e. The van der Waals surface area contributed by atoms with E-state index in [1.54, 1.807) is 36.3 Å². The molecule has 7 nitrogen and oxygen atoms in total. The molecule has 0 aliphatic carbocycles. The standard InChI is InChI=1S/C22H23N3O4S/c1-4-12-25-21(27)19(30-22(25)23-15-8-6-5-7-9-15)14-20(26)24-17-13-16(28-2)10-11-18(17)29-3/h4-11,13,19H,1,12,14H2,2-3H3,(H,24,26)/t19-/m0/s1. The van der Waals surface area contributed by atoms with Crippen molar-refractivity contribution < 1.29 is 19.1 Å². The molecule has 2 aromatic carbocycles. The lowest BCUT2D eigenvalue weighted by molar-refractivity contribution is -0.127. The SMILES string of the molecule is C=CCN1C(=O)[C@H](CC(=O)Nc2cc(OC)ccc2OC)SC1=Nc1ccccc1. The molecule has 1 heterocycles. The first kappa shape index (κ1) is 21.4. The molecule has 2 aromatic rings. The average Bonchev–Trinajstić information content (AvgIpc) is 3.03. The van der Waals surface area contributed by atoms with E-state index in [-0.39, 0.29) is 18.2 Å². The monoisotopic (exact) mass is 425 g/mol. The Bertz CT molecular complexity index is 962. The van der Waals surface area contributed by atoms with Crippen LogP contribution in [-0.2, 0) is 9.59 Å². The highest BCUT2D eigenvalue weighted by Crippen LogP contribution is 2.33. The molecule has 1 N–H and O–H groups in total. The van der Waals surface area contributed by atoms with Gasteiger partial charge in [-0.3, -0.25) is 14.5 Å². The molecule has 30 heavy (non-hydrogen) atoms. The van der Waals surface area contributed by atoms with E-state index in [1.807, 2.05) is 30.3 Å². The van der Waals surface area contributed by atoms with Gasteiger partial charge in [0.15, 0.2) is 5.17 Å². The van der Waals surface area contributed by atoms with E-state index in [9.17, 15) is 9.59 Å². The molecular formula is C22H23N3O4S. The first-order valence-corrected chi connectivity index (χ1v) is 10.2. The number of carbonyl (C=O) groups excluding carboxylic acids is 2.